The lowest BCUT2D eigenvalue weighted by Crippen LogP contribution is -2.46. The number of furan rings is 1. The number of hydrogen-bond acceptors (Lipinski definition) is 3. The molecule has 1 aliphatic heterocycles. The molecule has 0 aromatic carbocycles. The van der Waals surface area contributed by atoms with E-state index in [-0.39, 0.29) is 0 Å². The molecule has 21 heavy (non-hydrogen) atoms. The Balaban J connectivity index is 1.41. The summed E-state index contributed by atoms with van der Waals surface area (Å²) in [6.07, 6.45) is 13.2. The monoisotopic (exact) mass is 288 g/mol. The molecule has 3 heteroatoms. The molecule has 116 valence electrons. The molecule has 4 rings (SSSR count). The third-order valence-electron chi connectivity index (χ3n) is 5.70. The van der Waals surface area contributed by atoms with Crippen LogP contribution in [-0.2, 0) is 13.1 Å². The van der Waals surface area contributed by atoms with E-state index in [0.29, 0.717) is 0 Å². The van der Waals surface area contributed by atoms with E-state index in [1.54, 1.807) is 0 Å². The minimum absolute atomic E-state index is 0.751. The van der Waals surface area contributed by atoms with Crippen LogP contribution < -0.4 is 5.32 Å². The van der Waals surface area contributed by atoms with Crippen LogP contribution >= 0.6 is 0 Å². The summed E-state index contributed by atoms with van der Waals surface area (Å²) in [5, 5.41) is 3.58. The van der Waals surface area contributed by atoms with Crippen LogP contribution in [0.15, 0.2) is 16.7 Å². The van der Waals surface area contributed by atoms with Gasteiger partial charge in [-0.05, 0) is 57.1 Å². The summed E-state index contributed by atoms with van der Waals surface area (Å²) in [5.74, 6) is 2.13. The fourth-order valence-electron chi connectivity index (χ4n) is 4.33. The largest absolute Gasteiger partial charge is 0.468 e. The van der Waals surface area contributed by atoms with Crippen molar-refractivity contribution in [3.8, 4) is 0 Å². The lowest BCUT2D eigenvalue weighted by atomic mass is 9.78. The van der Waals surface area contributed by atoms with Crippen LogP contribution in [0.2, 0.25) is 0 Å². The van der Waals surface area contributed by atoms with E-state index < -0.39 is 0 Å². The normalized spacial score (nSPS) is 30.3. The maximum Gasteiger partial charge on any atom is 0.122 e. The van der Waals surface area contributed by atoms with Crippen LogP contribution in [0.3, 0.4) is 0 Å². The van der Waals surface area contributed by atoms with Gasteiger partial charge in [0.1, 0.15) is 5.76 Å². The van der Waals surface area contributed by atoms with Gasteiger partial charge in [0.25, 0.3) is 0 Å². The van der Waals surface area contributed by atoms with Gasteiger partial charge in [0.15, 0.2) is 0 Å². The third-order valence-corrected chi connectivity index (χ3v) is 5.70. The number of rotatable bonds is 5. The summed E-state index contributed by atoms with van der Waals surface area (Å²) in [7, 11) is 0. The lowest BCUT2D eigenvalue weighted by molar-refractivity contribution is 0.0542. The average molecular weight is 288 g/mol. The molecule has 0 bridgehead atoms. The average Bonchev–Trinajstić information content (AvgIpc) is 3.25. The van der Waals surface area contributed by atoms with E-state index in [0.717, 1.165) is 31.1 Å². The molecule has 2 aliphatic carbocycles. The number of piperidine rings is 1. The minimum atomic E-state index is 0.751. The van der Waals surface area contributed by atoms with Gasteiger partial charge in [-0.2, -0.15) is 0 Å². The number of nitrogens with zero attached hydrogens (tertiary/aromatic N) is 1. The molecule has 0 spiro atoms. The summed E-state index contributed by atoms with van der Waals surface area (Å²) < 4.78 is 5.73. The number of likely N-dealkylation sites (tertiary alicyclic amines) is 1. The molecule has 0 radical (unpaired) electrons. The molecule has 1 saturated heterocycles. The Kier molecular flexibility index (Phi) is 4.04. The number of hydrogen-bond donors (Lipinski definition) is 1. The molecule has 1 N–H and O–H groups in total. The SMILES string of the molecule is c1cc(CN2CCCC3CCCCC32)c(CNC2CC2)o1. The molecular weight excluding hydrogens is 260 g/mol. The summed E-state index contributed by atoms with van der Waals surface area (Å²) >= 11 is 0. The maximum atomic E-state index is 5.73. The second kappa shape index (κ2) is 6.13. The molecule has 3 aliphatic rings. The van der Waals surface area contributed by atoms with Crippen molar-refractivity contribution < 1.29 is 4.42 Å². The van der Waals surface area contributed by atoms with Crippen LogP contribution in [0.1, 0.15) is 62.7 Å². The van der Waals surface area contributed by atoms with Crippen LogP contribution in [0, 0.1) is 5.92 Å². The van der Waals surface area contributed by atoms with Crippen LogP contribution in [-0.4, -0.2) is 23.5 Å². The van der Waals surface area contributed by atoms with Gasteiger partial charge < -0.3 is 9.73 Å². The zero-order valence-corrected chi connectivity index (χ0v) is 13.0. The standard InChI is InChI=1S/C18H28N2O/c1-2-6-17-14(4-1)5-3-10-20(17)13-15-9-11-21-18(15)12-19-16-7-8-16/h9,11,14,16-17,19H,1-8,10,12-13H2. The van der Waals surface area contributed by atoms with Crippen molar-refractivity contribution >= 4 is 0 Å². The summed E-state index contributed by atoms with van der Waals surface area (Å²) in [6.45, 7) is 3.29. The van der Waals surface area contributed by atoms with E-state index in [9.17, 15) is 0 Å². The Hall–Kier alpha value is -0.800. The van der Waals surface area contributed by atoms with Gasteiger partial charge in [-0.15, -0.1) is 0 Å². The number of nitrogens with one attached hydrogen (secondary N) is 1. The van der Waals surface area contributed by atoms with E-state index in [2.05, 4.69) is 16.3 Å². The van der Waals surface area contributed by atoms with Crippen molar-refractivity contribution in [3.63, 3.8) is 0 Å². The lowest BCUT2D eigenvalue weighted by Gasteiger charge is -2.44. The second-order valence-electron chi connectivity index (χ2n) is 7.25. The van der Waals surface area contributed by atoms with Crippen molar-refractivity contribution in [2.24, 2.45) is 5.92 Å². The van der Waals surface area contributed by atoms with E-state index in [4.69, 9.17) is 4.42 Å². The maximum absolute atomic E-state index is 5.73. The van der Waals surface area contributed by atoms with Gasteiger partial charge in [0, 0.05) is 24.2 Å². The van der Waals surface area contributed by atoms with Crippen molar-refractivity contribution in [1.29, 1.82) is 0 Å². The van der Waals surface area contributed by atoms with Gasteiger partial charge in [-0.25, -0.2) is 0 Å². The molecule has 2 unspecified atom stereocenters. The fourth-order valence-corrected chi connectivity index (χ4v) is 4.33. The Morgan fingerprint density at radius 2 is 1.95 bits per heavy atom. The third kappa shape index (κ3) is 3.19. The molecule has 3 fully saturated rings. The van der Waals surface area contributed by atoms with Gasteiger partial charge in [0.05, 0.1) is 12.8 Å². The highest BCUT2D eigenvalue weighted by Gasteiger charge is 2.33. The van der Waals surface area contributed by atoms with Gasteiger partial charge >= 0.3 is 0 Å². The predicted molar refractivity (Wildman–Crippen MR) is 84.0 cm³/mol. The first kappa shape index (κ1) is 13.8. The van der Waals surface area contributed by atoms with Crippen molar-refractivity contribution in [1.82, 2.24) is 10.2 Å². The van der Waals surface area contributed by atoms with Gasteiger partial charge in [-0.3, -0.25) is 4.90 Å². The fraction of sp³-hybridized carbons (Fsp3) is 0.778. The molecule has 0 amide bonds. The first-order chi connectivity index (χ1) is 10.4. The Morgan fingerprint density at radius 3 is 2.86 bits per heavy atom. The molecule has 2 atom stereocenters. The number of fused-ring (bicyclic) bond motifs is 1. The highest BCUT2D eigenvalue weighted by Crippen LogP contribution is 2.36. The van der Waals surface area contributed by atoms with Crippen molar-refractivity contribution in [3.05, 3.63) is 23.7 Å². The molecule has 1 aromatic rings. The Morgan fingerprint density at radius 1 is 1.10 bits per heavy atom. The topological polar surface area (TPSA) is 28.4 Å². The van der Waals surface area contributed by atoms with Crippen LogP contribution in [0.5, 0.6) is 0 Å². The molecule has 3 nitrogen and oxygen atoms in total. The van der Waals surface area contributed by atoms with Crippen molar-refractivity contribution in [2.45, 2.75) is 76.5 Å². The highest BCUT2D eigenvalue weighted by atomic mass is 16.3. The summed E-state index contributed by atoms with van der Waals surface area (Å²) in [5.41, 5.74) is 1.41. The summed E-state index contributed by atoms with van der Waals surface area (Å²) in [6, 6.07) is 3.78. The van der Waals surface area contributed by atoms with E-state index >= 15 is 0 Å². The first-order valence-electron chi connectivity index (χ1n) is 8.93. The Bertz CT molecular complexity index is 464. The smallest absolute Gasteiger partial charge is 0.122 e. The Labute approximate surface area is 128 Å². The van der Waals surface area contributed by atoms with E-state index in [1.165, 1.54) is 69.2 Å². The molecular formula is C18H28N2O. The molecule has 1 aromatic heterocycles. The predicted octanol–water partition coefficient (Wildman–Crippen LogP) is 3.69. The zero-order chi connectivity index (χ0) is 14.1. The molecule has 2 saturated carbocycles. The zero-order valence-electron chi connectivity index (χ0n) is 13.0. The van der Waals surface area contributed by atoms with Gasteiger partial charge in [0.2, 0.25) is 0 Å². The first-order valence-corrected chi connectivity index (χ1v) is 8.93. The molecule has 2 heterocycles. The highest BCUT2D eigenvalue weighted by molar-refractivity contribution is 5.17. The van der Waals surface area contributed by atoms with Crippen LogP contribution in [0.4, 0.5) is 0 Å². The van der Waals surface area contributed by atoms with Gasteiger partial charge in [-0.1, -0.05) is 12.8 Å². The van der Waals surface area contributed by atoms with Crippen LogP contribution in [0.25, 0.3) is 0 Å². The quantitative estimate of drug-likeness (QED) is 0.896. The second-order valence-corrected chi connectivity index (χ2v) is 7.25. The van der Waals surface area contributed by atoms with Crippen molar-refractivity contribution in [2.75, 3.05) is 6.54 Å². The van der Waals surface area contributed by atoms with E-state index in [1.807, 2.05) is 6.26 Å². The summed E-state index contributed by atoms with van der Waals surface area (Å²) in [4.78, 5) is 2.75. The minimum Gasteiger partial charge on any atom is -0.468 e.